The van der Waals surface area contributed by atoms with E-state index in [9.17, 15) is 23.1 Å². The van der Waals surface area contributed by atoms with E-state index in [1.165, 1.54) is 37.6 Å². The number of pyridine rings is 2. The van der Waals surface area contributed by atoms with E-state index < -0.39 is 23.8 Å². The molecule has 1 aromatic carbocycles. The van der Waals surface area contributed by atoms with Crippen molar-refractivity contribution in [2.24, 2.45) is 0 Å². The molecule has 1 unspecified atom stereocenters. The molecule has 3 N–H and O–H groups in total. The molecule has 0 aliphatic rings. The third kappa shape index (κ3) is 4.93. The number of nitrogens with one attached hydrogen (secondary N) is 2. The van der Waals surface area contributed by atoms with Crippen LogP contribution in [0.2, 0.25) is 0 Å². The molecule has 0 aliphatic heterocycles. The number of alkyl halides is 3. The van der Waals surface area contributed by atoms with Gasteiger partial charge in [0.2, 0.25) is 0 Å². The van der Waals surface area contributed by atoms with Crippen LogP contribution in [0.25, 0.3) is 22.4 Å². The Morgan fingerprint density at radius 1 is 1.24 bits per heavy atom. The fourth-order valence-corrected chi connectivity index (χ4v) is 3.12. The number of aromatic nitrogens is 4. The summed E-state index contributed by atoms with van der Waals surface area (Å²) in [5, 5.41) is 11.9. The zero-order chi connectivity index (χ0) is 23.6. The molecular weight excluding hydrogens is 439 g/mol. The number of hydrogen-bond acceptors (Lipinski definition) is 6. The molecular formula is C22H18F3N5O3. The van der Waals surface area contributed by atoms with Crippen LogP contribution in [0.4, 0.5) is 19.0 Å². The third-order valence-corrected chi connectivity index (χ3v) is 4.59. The van der Waals surface area contributed by atoms with Gasteiger partial charge in [0.05, 0.1) is 28.9 Å². The van der Waals surface area contributed by atoms with Gasteiger partial charge < -0.3 is 20.1 Å². The Labute approximate surface area is 185 Å². The van der Waals surface area contributed by atoms with Crippen molar-refractivity contribution in [3.8, 4) is 17.1 Å². The molecule has 8 nitrogen and oxygen atoms in total. The Kier molecular flexibility index (Phi) is 5.97. The second kappa shape index (κ2) is 8.87. The molecule has 3 aromatic heterocycles. The van der Waals surface area contributed by atoms with E-state index in [0.29, 0.717) is 11.3 Å². The summed E-state index contributed by atoms with van der Waals surface area (Å²) in [6.45, 7) is 1.31. The maximum atomic E-state index is 13.8. The number of ether oxygens (including phenoxy) is 1. The highest BCUT2D eigenvalue weighted by atomic mass is 19.4. The van der Waals surface area contributed by atoms with Gasteiger partial charge in [-0.3, -0.25) is 9.78 Å². The zero-order valence-corrected chi connectivity index (χ0v) is 17.2. The lowest BCUT2D eigenvalue weighted by Gasteiger charge is -2.14. The number of hydrogen-bond donors (Lipinski definition) is 3. The van der Waals surface area contributed by atoms with Crippen LogP contribution in [-0.2, 0) is 6.18 Å². The van der Waals surface area contributed by atoms with Gasteiger partial charge in [0.15, 0.2) is 0 Å². The number of aliphatic hydroxyl groups is 1. The number of anilines is 1. The predicted molar refractivity (Wildman–Crippen MR) is 114 cm³/mol. The molecule has 0 aliphatic carbocycles. The molecule has 4 aromatic rings. The van der Waals surface area contributed by atoms with Gasteiger partial charge >= 0.3 is 6.18 Å². The fourth-order valence-electron chi connectivity index (χ4n) is 3.12. The maximum Gasteiger partial charge on any atom is 0.417 e. The number of aromatic amines is 1. The minimum absolute atomic E-state index is 0.0415. The zero-order valence-electron chi connectivity index (χ0n) is 17.2. The van der Waals surface area contributed by atoms with E-state index >= 15 is 0 Å². The largest absolute Gasteiger partial charge is 0.491 e. The lowest BCUT2D eigenvalue weighted by atomic mass is 10.1. The van der Waals surface area contributed by atoms with E-state index in [1.54, 1.807) is 18.2 Å². The van der Waals surface area contributed by atoms with Crippen LogP contribution in [0, 0.1) is 0 Å². The number of amides is 1. The molecule has 3 heterocycles. The standard InChI is InChI=1S/C22H18F3N5O3/c1-12(31)11-33-13-5-6-14(16(8-13)22(23,24)25)20-28-17-10-26-9-15(19(17)30-20)21(32)29-18-4-2-3-7-27-18/h2-10,12,31H,11H2,1H3,(H,28,30)(H,27,29,32). The molecule has 0 radical (unpaired) electrons. The number of fused-ring (bicyclic) bond motifs is 1. The molecule has 11 heteroatoms. The Morgan fingerprint density at radius 3 is 2.76 bits per heavy atom. The fraction of sp³-hybridized carbons (Fsp3) is 0.182. The lowest BCUT2D eigenvalue weighted by Crippen LogP contribution is -2.14. The molecule has 0 spiro atoms. The quantitative estimate of drug-likeness (QED) is 0.403. The molecule has 1 amide bonds. The number of nitrogens with zero attached hydrogens (tertiary/aromatic N) is 3. The summed E-state index contributed by atoms with van der Waals surface area (Å²) in [4.78, 5) is 27.8. The average molecular weight is 457 g/mol. The van der Waals surface area contributed by atoms with Crippen LogP contribution in [-0.4, -0.2) is 43.7 Å². The normalized spacial score (nSPS) is 12.5. The van der Waals surface area contributed by atoms with Crippen LogP contribution < -0.4 is 10.1 Å². The van der Waals surface area contributed by atoms with E-state index in [-0.39, 0.29) is 34.8 Å². The maximum absolute atomic E-state index is 13.8. The first-order valence-corrected chi connectivity index (χ1v) is 9.81. The first kappa shape index (κ1) is 22.2. The molecule has 33 heavy (non-hydrogen) atoms. The van der Waals surface area contributed by atoms with Crippen molar-refractivity contribution >= 4 is 22.8 Å². The van der Waals surface area contributed by atoms with Crippen molar-refractivity contribution in [3.05, 3.63) is 66.1 Å². The highest BCUT2D eigenvalue weighted by molar-refractivity contribution is 6.11. The topological polar surface area (TPSA) is 113 Å². The summed E-state index contributed by atoms with van der Waals surface area (Å²) in [7, 11) is 0. The summed E-state index contributed by atoms with van der Waals surface area (Å²) in [5.41, 5.74) is -0.667. The number of aliphatic hydroxyl groups excluding tert-OH is 1. The number of rotatable bonds is 6. The summed E-state index contributed by atoms with van der Waals surface area (Å²) < 4.78 is 46.6. The Balaban J connectivity index is 1.73. The van der Waals surface area contributed by atoms with E-state index in [1.807, 2.05) is 0 Å². The van der Waals surface area contributed by atoms with E-state index in [0.717, 1.165) is 6.07 Å². The van der Waals surface area contributed by atoms with Gasteiger partial charge in [0, 0.05) is 18.0 Å². The van der Waals surface area contributed by atoms with Crippen LogP contribution >= 0.6 is 0 Å². The van der Waals surface area contributed by atoms with Crippen molar-refractivity contribution in [3.63, 3.8) is 0 Å². The van der Waals surface area contributed by atoms with Crippen LogP contribution in [0.3, 0.4) is 0 Å². The smallest absolute Gasteiger partial charge is 0.417 e. The van der Waals surface area contributed by atoms with Crippen LogP contribution in [0.1, 0.15) is 22.8 Å². The van der Waals surface area contributed by atoms with Crippen molar-refractivity contribution in [2.45, 2.75) is 19.2 Å². The van der Waals surface area contributed by atoms with Crippen molar-refractivity contribution in [1.82, 2.24) is 19.9 Å². The molecule has 4 rings (SSSR count). The van der Waals surface area contributed by atoms with Gasteiger partial charge in [-0.25, -0.2) is 9.97 Å². The first-order valence-electron chi connectivity index (χ1n) is 9.81. The average Bonchev–Trinajstić information content (AvgIpc) is 3.22. The van der Waals surface area contributed by atoms with Gasteiger partial charge in [0.1, 0.15) is 29.5 Å². The minimum Gasteiger partial charge on any atom is -0.491 e. The predicted octanol–water partition coefficient (Wildman–Crippen LogP) is 4.05. The van der Waals surface area contributed by atoms with Gasteiger partial charge in [-0.2, -0.15) is 13.2 Å². The van der Waals surface area contributed by atoms with Crippen molar-refractivity contribution in [2.75, 3.05) is 11.9 Å². The second-order valence-electron chi connectivity index (χ2n) is 7.20. The molecule has 0 saturated heterocycles. The number of carbonyl (C=O) groups excluding carboxylic acids is 1. The SMILES string of the molecule is CC(O)COc1ccc(-c2nc3c(C(=O)Nc4ccccn4)cncc3[nH]2)c(C(F)(F)F)c1. The summed E-state index contributed by atoms with van der Waals surface area (Å²) in [6, 6.07) is 8.40. The van der Waals surface area contributed by atoms with Gasteiger partial charge in [-0.1, -0.05) is 6.07 Å². The first-order chi connectivity index (χ1) is 15.7. The molecule has 170 valence electrons. The van der Waals surface area contributed by atoms with Gasteiger partial charge in [-0.05, 0) is 37.3 Å². The number of halogens is 3. The number of carbonyl (C=O) groups is 1. The Morgan fingerprint density at radius 2 is 2.06 bits per heavy atom. The van der Waals surface area contributed by atoms with E-state index in [2.05, 4.69) is 25.3 Å². The number of imidazole rings is 1. The minimum atomic E-state index is -4.70. The Hall–Kier alpha value is -3.99. The van der Waals surface area contributed by atoms with Crippen molar-refractivity contribution in [1.29, 1.82) is 0 Å². The molecule has 0 bridgehead atoms. The second-order valence-corrected chi connectivity index (χ2v) is 7.20. The monoisotopic (exact) mass is 457 g/mol. The van der Waals surface area contributed by atoms with Crippen LogP contribution in [0.15, 0.2) is 55.0 Å². The Bertz CT molecular complexity index is 1290. The van der Waals surface area contributed by atoms with Gasteiger partial charge in [0.25, 0.3) is 5.91 Å². The third-order valence-electron chi connectivity index (χ3n) is 4.59. The number of H-pyrrole nitrogens is 1. The summed E-state index contributed by atoms with van der Waals surface area (Å²) >= 11 is 0. The van der Waals surface area contributed by atoms with Gasteiger partial charge in [-0.15, -0.1) is 0 Å². The van der Waals surface area contributed by atoms with E-state index in [4.69, 9.17) is 4.74 Å². The lowest BCUT2D eigenvalue weighted by molar-refractivity contribution is -0.137. The summed E-state index contributed by atoms with van der Waals surface area (Å²) in [6.07, 6.45) is -1.37. The molecule has 1 atom stereocenters. The summed E-state index contributed by atoms with van der Waals surface area (Å²) in [5.74, 6) is -0.371. The van der Waals surface area contributed by atoms with Crippen LogP contribution in [0.5, 0.6) is 5.75 Å². The molecule has 0 saturated carbocycles. The highest BCUT2D eigenvalue weighted by Crippen LogP contribution is 2.39. The van der Waals surface area contributed by atoms with Crippen molar-refractivity contribution < 1.29 is 27.8 Å². The number of benzene rings is 1. The molecule has 0 fully saturated rings. The highest BCUT2D eigenvalue weighted by Gasteiger charge is 2.35.